The Morgan fingerprint density at radius 3 is 2.60 bits per heavy atom. The lowest BCUT2D eigenvalue weighted by Crippen LogP contribution is -2.29. The molecule has 2 heterocycles. The van der Waals surface area contributed by atoms with Crippen LogP contribution in [0.5, 0.6) is 0 Å². The van der Waals surface area contributed by atoms with Gasteiger partial charge < -0.3 is 4.90 Å². The number of nitrogens with zero attached hydrogens (tertiary/aromatic N) is 2. The minimum atomic E-state index is 0.0398. The van der Waals surface area contributed by atoms with Gasteiger partial charge in [0, 0.05) is 24.3 Å². The van der Waals surface area contributed by atoms with E-state index in [9.17, 15) is 4.79 Å². The Morgan fingerprint density at radius 2 is 2.05 bits per heavy atom. The standard InChI is InChI=1S/C16H20N2OS/c1-5-13-10-15(20-12(13)3)16(19)18(4)11(2)14-6-8-17-9-7-14/h6-11H,5H2,1-4H3. The van der Waals surface area contributed by atoms with Crippen LogP contribution >= 0.6 is 11.3 Å². The largest absolute Gasteiger partial charge is 0.334 e. The first-order chi connectivity index (χ1) is 9.54. The molecule has 106 valence electrons. The summed E-state index contributed by atoms with van der Waals surface area (Å²) >= 11 is 1.58. The predicted octanol–water partition coefficient (Wildman–Crippen LogP) is 3.85. The fourth-order valence-corrected chi connectivity index (χ4v) is 3.29. The van der Waals surface area contributed by atoms with E-state index in [-0.39, 0.29) is 11.9 Å². The summed E-state index contributed by atoms with van der Waals surface area (Å²) in [4.78, 5) is 20.4. The molecule has 0 aliphatic rings. The molecule has 1 atom stereocenters. The zero-order chi connectivity index (χ0) is 14.7. The van der Waals surface area contributed by atoms with Crippen molar-refractivity contribution in [3.05, 3.63) is 51.5 Å². The third-order valence-corrected chi connectivity index (χ3v) is 4.78. The molecule has 1 amide bonds. The number of hydrogen-bond donors (Lipinski definition) is 0. The molecule has 4 heteroatoms. The van der Waals surface area contributed by atoms with Gasteiger partial charge in [-0.2, -0.15) is 0 Å². The number of carbonyl (C=O) groups is 1. The Balaban J connectivity index is 2.19. The molecule has 0 bridgehead atoms. The lowest BCUT2D eigenvalue weighted by Gasteiger charge is -2.24. The SMILES string of the molecule is CCc1cc(C(=O)N(C)C(C)c2ccncc2)sc1C. The number of aryl methyl sites for hydroxylation is 2. The van der Waals surface area contributed by atoms with Gasteiger partial charge >= 0.3 is 0 Å². The third kappa shape index (κ3) is 2.90. The molecule has 2 rings (SSSR count). The molecule has 0 aliphatic carbocycles. The van der Waals surface area contributed by atoms with E-state index in [1.807, 2.05) is 32.2 Å². The fourth-order valence-electron chi connectivity index (χ4n) is 2.19. The summed E-state index contributed by atoms with van der Waals surface area (Å²) in [6, 6.07) is 5.97. The van der Waals surface area contributed by atoms with Crippen LogP contribution in [-0.2, 0) is 6.42 Å². The van der Waals surface area contributed by atoms with E-state index in [1.165, 1.54) is 10.4 Å². The van der Waals surface area contributed by atoms with E-state index >= 15 is 0 Å². The molecule has 0 N–H and O–H groups in total. The molecule has 0 aromatic carbocycles. The Labute approximate surface area is 124 Å². The first-order valence-electron chi connectivity index (χ1n) is 6.81. The summed E-state index contributed by atoms with van der Waals surface area (Å²) in [5.74, 6) is 0.0853. The van der Waals surface area contributed by atoms with Crippen molar-refractivity contribution in [3.63, 3.8) is 0 Å². The van der Waals surface area contributed by atoms with Crippen LogP contribution < -0.4 is 0 Å². The predicted molar refractivity (Wildman–Crippen MR) is 83.2 cm³/mol. The molecule has 2 aromatic heterocycles. The monoisotopic (exact) mass is 288 g/mol. The van der Waals surface area contributed by atoms with Crippen molar-refractivity contribution >= 4 is 17.2 Å². The molecule has 3 nitrogen and oxygen atoms in total. The van der Waals surface area contributed by atoms with Crippen LogP contribution in [0.25, 0.3) is 0 Å². The molecule has 2 aromatic rings. The fraction of sp³-hybridized carbons (Fsp3) is 0.375. The lowest BCUT2D eigenvalue weighted by molar-refractivity contribution is 0.0747. The van der Waals surface area contributed by atoms with Crippen LogP contribution in [0.4, 0.5) is 0 Å². The molecule has 0 aliphatic heterocycles. The number of carbonyl (C=O) groups excluding carboxylic acids is 1. The molecule has 0 saturated heterocycles. The summed E-state index contributed by atoms with van der Waals surface area (Å²) < 4.78 is 0. The number of pyridine rings is 1. The minimum Gasteiger partial charge on any atom is -0.334 e. The van der Waals surface area contributed by atoms with E-state index in [0.717, 1.165) is 16.9 Å². The van der Waals surface area contributed by atoms with Gasteiger partial charge in [0.05, 0.1) is 10.9 Å². The second-order valence-electron chi connectivity index (χ2n) is 4.92. The Morgan fingerprint density at radius 1 is 1.40 bits per heavy atom. The summed E-state index contributed by atoms with van der Waals surface area (Å²) in [7, 11) is 1.86. The van der Waals surface area contributed by atoms with Gasteiger partial charge in [-0.25, -0.2) is 0 Å². The second-order valence-corrected chi connectivity index (χ2v) is 6.17. The van der Waals surface area contributed by atoms with Gasteiger partial charge in [-0.15, -0.1) is 11.3 Å². The quantitative estimate of drug-likeness (QED) is 0.856. The highest BCUT2D eigenvalue weighted by atomic mass is 32.1. The number of rotatable bonds is 4. The molecule has 20 heavy (non-hydrogen) atoms. The van der Waals surface area contributed by atoms with Crippen molar-refractivity contribution in [1.29, 1.82) is 0 Å². The van der Waals surface area contributed by atoms with Crippen LogP contribution in [0.1, 0.15) is 45.6 Å². The topological polar surface area (TPSA) is 33.2 Å². The van der Waals surface area contributed by atoms with E-state index in [1.54, 1.807) is 28.6 Å². The van der Waals surface area contributed by atoms with Crippen molar-refractivity contribution < 1.29 is 4.79 Å². The van der Waals surface area contributed by atoms with E-state index < -0.39 is 0 Å². The first kappa shape index (κ1) is 14.7. The number of aromatic nitrogens is 1. The van der Waals surface area contributed by atoms with Crippen LogP contribution in [0.15, 0.2) is 30.6 Å². The third-order valence-electron chi connectivity index (χ3n) is 3.70. The normalized spacial score (nSPS) is 12.2. The average Bonchev–Trinajstić information content (AvgIpc) is 2.87. The maximum atomic E-state index is 12.6. The summed E-state index contributed by atoms with van der Waals surface area (Å²) in [6.45, 7) is 6.23. The Hall–Kier alpha value is -1.68. The molecule has 0 saturated carbocycles. The molecule has 0 spiro atoms. The highest BCUT2D eigenvalue weighted by Gasteiger charge is 2.21. The van der Waals surface area contributed by atoms with Crippen molar-refractivity contribution in [3.8, 4) is 0 Å². The van der Waals surface area contributed by atoms with E-state index in [0.29, 0.717) is 0 Å². The van der Waals surface area contributed by atoms with Crippen molar-refractivity contribution in [2.24, 2.45) is 0 Å². The molecular formula is C16H20N2OS. The number of thiophene rings is 1. The first-order valence-corrected chi connectivity index (χ1v) is 7.62. The van der Waals surface area contributed by atoms with Gasteiger partial charge in [-0.1, -0.05) is 6.92 Å². The van der Waals surface area contributed by atoms with Crippen LogP contribution in [0.2, 0.25) is 0 Å². The molecule has 0 fully saturated rings. The lowest BCUT2D eigenvalue weighted by atomic mass is 10.1. The van der Waals surface area contributed by atoms with Gasteiger partial charge in [-0.3, -0.25) is 9.78 Å². The van der Waals surface area contributed by atoms with Gasteiger partial charge in [0.1, 0.15) is 0 Å². The summed E-state index contributed by atoms with van der Waals surface area (Å²) in [5.41, 5.74) is 2.36. The van der Waals surface area contributed by atoms with Gasteiger partial charge in [0.25, 0.3) is 5.91 Å². The highest BCUT2D eigenvalue weighted by Crippen LogP contribution is 2.26. The van der Waals surface area contributed by atoms with Crippen molar-refractivity contribution in [2.75, 3.05) is 7.05 Å². The molecular weight excluding hydrogens is 268 g/mol. The summed E-state index contributed by atoms with van der Waals surface area (Å²) in [5, 5.41) is 0. The number of amides is 1. The maximum absolute atomic E-state index is 12.6. The zero-order valence-electron chi connectivity index (χ0n) is 12.4. The second kappa shape index (κ2) is 6.18. The van der Waals surface area contributed by atoms with Gasteiger partial charge in [-0.05, 0) is 49.6 Å². The minimum absolute atomic E-state index is 0.0398. The molecule has 0 radical (unpaired) electrons. The van der Waals surface area contributed by atoms with E-state index in [2.05, 4.69) is 18.8 Å². The average molecular weight is 288 g/mol. The highest BCUT2D eigenvalue weighted by molar-refractivity contribution is 7.14. The van der Waals surface area contributed by atoms with Gasteiger partial charge in [0.15, 0.2) is 0 Å². The molecule has 1 unspecified atom stereocenters. The van der Waals surface area contributed by atoms with Crippen LogP contribution in [0, 0.1) is 6.92 Å². The summed E-state index contributed by atoms with van der Waals surface area (Å²) in [6.07, 6.45) is 4.49. The number of hydrogen-bond acceptors (Lipinski definition) is 3. The Bertz CT molecular complexity index is 592. The smallest absolute Gasteiger partial charge is 0.264 e. The van der Waals surface area contributed by atoms with Crippen molar-refractivity contribution in [1.82, 2.24) is 9.88 Å². The zero-order valence-corrected chi connectivity index (χ0v) is 13.2. The van der Waals surface area contributed by atoms with Gasteiger partial charge in [0.2, 0.25) is 0 Å². The van der Waals surface area contributed by atoms with Crippen LogP contribution in [-0.4, -0.2) is 22.8 Å². The Kier molecular flexibility index (Phi) is 4.55. The van der Waals surface area contributed by atoms with Crippen LogP contribution in [0.3, 0.4) is 0 Å². The van der Waals surface area contributed by atoms with Crippen molar-refractivity contribution in [2.45, 2.75) is 33.2 Å². The maximum Gasteiger partial charge on any atom is 0.264 e. The van der Waals surface area contributed by atoms with E-state index in [4.69, 9.17) is 0 Å².